The van der Waals surface area contributed by atoms with Crippen LogP contribution < -0.4 is 5.73 Å². The zero-order chi connectivity index (χ0) is 12.0. The summed E-state index contributed by atoms with van der Waals surface area (Å²) < 4.78 is 5.04. The molecule has 0 bridgehead atoms. The molecule has 0 spiro atoms. The predicted octanol–water partition coefficient (Wildman–Crippen LogP) is 2.97. The second-order valence-corrected chi connectivity index (χ2v) is 5.35. The lowest BCUT2D eigenvalue weighted by molar-refractivity contribution is 0.218. The number of methoxy groups -OCH3 is 1. The molecule has 0 heterocycles. The maximum atomic E-state index is 5.99. The van der Waals surface area contributed by atoms with Crippen molar-refractivity contribution in [3.05, 3.63) is 28.8 Å². The Balaban J connectivity index is 2.73. The first kappa shape index (κ1) is 13.8. The summed E-state index contributed by atoms with van der Waals surface area (Å²) in [5.41, 5.74) is 7.08. The van der Waals surface area contributed by atoms with Gasteiger partial charge in [0.1, 0.15) is 0 Å². The molecule has 1 aromatic rings. The Kier molecular flexibility index (Phi) is 6.21. The zero-order valence-electron chi connectivity index (χ0n) is 9.70. The average Bonchev–Trinajstić information content (AvgIpc) is 2.22. The molecule has 0 fully saturated rings. The molecule has 16 heavy (non-hydrogen) atoms. The van der Waals surface area contributed by atoms with Gasteiger partial charge in [-0.15, -0.1) is 11.8 Å². The monoisotopic (exact) mass is 259 g/mol. The molecule has 1 atom stereocenters. The fourth-order valence-corrected chi connectivity index (χ4v) is 2.67. The largest absolute Gasteiger partial charge is 0.384 e. The van der Waals surface area contributed by atoms with Gasteiger partial charge in [-0.25, -0.2) is 0 Å². The van der Waals surface area contributed by atoms with Gasteiger partial charge in [-0.1, -0.05) is 17.7 Å². The van der Waals surface area contributed by atoms with Crippen LogP contribution in [0.4, 0.5) is 0 Å². The minimum absolute atomic E-state index is 0.169. The standard InChI is InChI=1S/C12H18ClNOS/c1-9(14)7-10-3-4-11(13)8-12(10)16-6-5-15-2/h3-4,8-9H,5-7,14H2,1-2H3. The van der Waals surface area contributed by atoms with Crippen LogP contribution in [0.2, 0.25) is 5.02 Å². The molecule has 1 unspecified atom stereocenters. The van der Waals surface area contributed by atoms with E-state index in [2.05, 4.69) is 6.07 Å². The normalized spacial score (nSPS) is 12.8. The van der Waals surface area contributed by atoms with E-state index in [1.54, 1.807) is 18.9 Å². The van der Waals surface area contributed by atoms with Crippen molar-refractivity contribution < 1.29 is 4.74 Å². The molecule has 0 saturated carbocycles. The fraction of sp³-hybridized carbons (Fsp3) is 0.500. The van der Waals surface area contributed by atoms with Crippen molar-refractivity contribution >= 4 is 23.4 Å². The van der Waals surface area contributed by atoms with Crippen LogP contribution in [-0.4, -0.2) is 25.5 Å². The molecular weight excluding hydrogens is 242 g/mol. The highest BCUT2D eigenvalue weighted by atomic mass is 35.5. The summed E-state index contributed by atoms with van der Waals surface area (Å²) in [6.07, 6.45) is 0.881. The van der Waals surface area contributed by atoms with E-state index in [-0.39, 0.29) is 6.04 Å². The molecule has 0 aliphatic rings. The molecule has 0 aliphatic carbocycles. The molecule has 0 aliphatic heterocycles. The first-order valence-electron chi connectivity index (χ1n) is 5.29. The van der Waals surface area contributed by atoms with Gasteiger partial charge in [0.15, 0.2) is 0 Å². The zero-order valence-corrected chi connectivity index (χ0v) is 11.3. The van der Waals surface area contributed by atoms with Crippen molar-refractivity contribution in [1.82, 2.24) is 0 Å². The second-order valence-electron chi connectivity index (χ2n) is 3.77. The van der Waals surface area contributed by atoms with E-state index < -0.39 is 0 Å². The van der Waals surface area contributed by atoms with E-state index in [0.717, 1.165) is 23.8 Å². The highest BCUT2D eigenvalue weighted by Crippen LogP contribution is 2.27. The van der Waals surface area contributed by atoms with Gasteiger partial charge in [0.2, 0.25) is 0 Å². The summed E-state index contributed by atoms with van der Waals surface area (Å²) >= 11 is 7.75. The Morgan fingerprint density at radius 1 is 1.50 bits per heavy atom. The summed E-state index contributed by atoms with van der Waals surface area (Å²) in [5.74, 6) is 0.933. The minimum Gasteiger partial charge on any atom is -0.384 e. The number of nitrogens with two attached hydrogens (primary N) is 1. The molecule has 0 amide bonds. The van der Waals surface area contributed by atoms with Crippen LogP contribution in [0.15, 0.2) is 23.1 Å². The van der Waals surface area contributed by atoms with Crippen molar-refractivity contribution in [2.24, 2.45) is 5.73 Å². The van der Waals surface area contributed by atoms with Crippen molar-refractivity contribution in [2.45, 2.75) is 24.3 Å². The van der Waals surface area contributed by atoms with Gasteiger partial charge in [0.25, 0.3) is 0 Å². The Hall–Kier alpha value is -0.220. The van der Waals surface area contributed by atoms with Crippen LogP contribution in [0.1, 0.15) is 12.5 Å². The highest BCUT2D eigenvalue weighted by molar-refractivity contribution is 7.99. The van der Waals surface area contributed by atoms with E-state index in [9.17, 15) is 0 Å². The van der Waals surface area contributed by atoms with Crippen molar-refractivity contribution in [2.75, 3.05) is 19.5 Å². The van der Waals surface area contributed by atoms with Crippen molar-refractivity contribution in [3.8, 4) is 0 Å². The summed E-state index contributed by atoms with van der Waals surface area (Å²) in [7, 11) is 1.71. The van der Waals surface area contributed by atoms with E-state index in [4.69, 9.17) is 22.1 Å². The van der Waals surface area contributed by atoms with Crippen LogP contribution in [-0.2, 0) is 11.2 Å². The molecule has 0 saturated heterocycles. The maximum absolute atomic E-state index is 5.99. The first-order chi connectivity index (χ1) is 7.63. The molecule has 1 rings (SSSR count). The Bertz CT molecular complexity index is 331. The Morgan fingerprint density at radius 2 is 2.25 bits per heavy atom. The molecule has 2 N–H and O–H groups in total. The summed E-state index contributed by atoms with van der Waals surface area (Å²) in [6.45, 7) is 2.76. The quantitative estimate of drug-likeness (QED) is 0.630. The molecule has 1 aromatic carbocycles. The maximum Gasteiger partial charge on any atom is 0.0556 e. The van der Waals surface area contributed by atoms with Crippen LogP contribution in [0, 0.1) is 0 Å². The van der Waals surface area contributed by atoms with Crippen LogP contribution in [0.3, 0.4) is 0 Å². The Morgan fingerprint density at radius 3 is 2.88 bits per heavy atom. The van der Waals surface area contributed by atoms with Crippen molar-refractivity contribution in [1.29, 1.82) is 0 Å². The first-order valence-corrected chi connectivity index (χ1v) is 6.65. The van der Waals surface area contributed by atoms with Gasteiger partial charge < -0.3 is 10.5 Å². The summed E-state index contributed by atoms with van der Waals surface area (Å²) in [6, 6.07) is 6.14. The van der Waals surface area contributed by atoms with E-state index in [1.165, 1.54) is 10.5 Å². The molecular formula is C12H18ClNOS. The second kappa shape index (κ2) is 7.17. The van der Waals surface area contributed by atoms with Crippen molar-refractivity contribution in [3.63, 3.8) is 0 Å². The van der Waals surface area contributed by atoms with Gasteiger partial charge in [-0.05, 0) is 31.0 Å². The lowest BCUT2D eigenvalue weighted by atomic mass is 10.1. The number of thioether (sulfide) groups is 1. The molecule has 0 aromatic heterocycles. The number of ether oxygens (including phenoxy) is 1. The molecule has 4 heteroatoms. The third kappa shape index (κ3) is 4.74. The third-order valence-electron chi connectivity index (χ3n) is 2.12. The summed E-state index contributed by atoms with van der Waals surface area (Å²) in [4.78, 5) is 1.21. The molecule has 90 valence electrons. The third-order valence-corrected chi connectivity index (χ3v) is 3.41. The minimum atomic E-state index is 0.169. The smallest absolute Gasteiger partial charge is 0.0556 e. The number of benzene rings is 1. The molecule has 2 nitrogen and oxygen atoms in total. The van der Waals surface area contributed by atoms with Gasteiger partial charge in [-0.3, -0.25) is 0 Å². The topological polar surface area (TPSA) is 35.2 Å². The number of hydrogen-bond donors (Lipinski definition) is 1. The van der Waals surface area contributed by atoms with E-state index >= 15 is 0 Å². The number of halogens is 1. The predicted molar refractivity (Wildman–Crippen MR) is 71.4 cm³/mol. The lowest BCUT2D eigenvalue weighted by Gasteiger charge is -2.11. The molecule has 0 radical (unpaired) electrons. The van der Waals surface area contributed by atoms with Gasteiger partial charge in [-0.2, -0.15) is 0 Å². The average molecular weight is 260 g/mol. The van der Waals surface area contributed by atoms with E-state index in [1.807, 2.05) is 19.1 Å². The SMILES string of the molecule is COCCSc1cc(Cl)ccc1CC(C)N. The Labute approximate surface area is 107 Å². The number of rotatable bonds is 6. The summed E-state index contributed by atoms with van der Waals surface area (Å²) in [5, 5.41) is 0.772. The number of hydrogen-bond acceptors (Lipinski definition) is 3. The van der Waals surface area contributed by atoms with Gasteiger partial charge in [0.05, 0.1) is 6.61 Å². The van der Waals surface area contributed by atoms with Crippen LogP contribution in [0.5, 0.6) is 0 Å². The van der Waals surface area contributed by atoms with E-state index in [0.29, 0.717) is 0 Å². The van der Waals surface area contributed by atoms with Crippen LogP contribution >= 0.6 is 23.4 Å². The highest BCUT2D eigenvalue weighted by Gasteiger charge is 2.06. The lowest BCUT2D eigenvalue weighted by Crippen LogP contribution is -2.18. The van der Waals surface area contributed by atoms with Gasteiger partial charge >= 0.3 is 0 Å². The van der Waals surface area contributed by atoms with Crippen LogP contribution in [0.25, 0.3) is 0 Å². The van der Waals surface area contributed by atoms with Gasteiger partial charge in [0, 0.05) is 28.8 Å². The fourth-order valence-electron chi connectivity index (χ4n) is 1.41.